The number of nitrogens with one attached hydrogen (secondary N) is 1. The van der Waals surface area contributed by atoms with E-state index in [9.17, 15) is 4.79 Å². The van der Waals surface area contributed by atoms with Crippen molar-refractivity contribution in [3.8, 4) is 0 Å². The van der Waals surface area contributed by atoms with Crippen LogP contribution in [0.3, 0.4) is 0 Å². The van der Waals surface area contributed by atoms with E-state index in [0.717, 1.165) is 15.6 Å². The Morgan fingerprint density at radius 3 is 2.72 bits per heavy atom. The van der Waals surface area contributed by atoms with Crippen LogP contribution in [0.1, 0.15) is 16.1 Å². The molecule has 1 heterocycles. The summed E-state index contributed by atoms with van der Waals surface area (Å²) in [6, 6.07) is 7.11. The molecule has 1 aromatic heterocycles. The van der Waals surface area contributed by atoms with Crippen molar-refractivity contribution in [3.05, 3.63) is 41.9 Å². The standard InChI is InChI=1S/C13H14N2O2S/c1-8-11(5-6-17-8)18-12-7-9(13(16)15-2)3-4-10(12)14/h3-7H,14H2,1-2H3,(H,15,16). The van der Waals surface area contributed by atoms with Crippen LogP contribution in [0.2, 0.25) is 0 Å². The van der Waals surface area contributed by atoms with Crippen molar-refractivity contribution in [2.24, 2.45) is 0 Å². The molecular formula is C13H14N2O2S. The van der Waals surface area contributed by atoms with Crippen LogP contribution in [-0.4, -0.2) is 13.0 Å². The van der Waals surface area contributed by atoms with Gasteiger partial charge in [0.1, 0.15) is 5.76 Å². The molecule has 4 nitrogen and oxygen atoms in total. The van der Waals surface area contributed by atoms with E-state index in [1.54, 1.807) is 31.5 Å². The van der Waals surface area contributed by atoms with Gasteiger partial charge in [-0.15, -0.1) is 0 Å². The van der Waals surface area contributed by atoms with Gasteiger partial charge >= 0.3 is 0 Å². The van der Waals surface area contributed by atoms with E-state index < -0.39 is 0 Å². The van der Waals surface area contributed by atoms with Crippen LogP contribution >= 0.6 is 11.8 Å². The average molecular weight is 262 g/mol. The number of aryl methyl sites for hydroxylation is 1. The molecule has 0 atom stereocenters. The van der Waals surface area contributed by atoms with Crippen molar-refractivity contribution < 1.29 is 9.21 Å². The van der Waals surface area contributed by atoms with Gasteiger partial charge in [-0.3, -0.25) is 4.79 Å². The highest BCUT2D eigenvalue weighted by molar-refractivity contribution is 7.99. The van der Waals surface area contributed by atoms with E-state index in [1.807, 2.05) is 13.0 Å². The number of hydrogen-bond donors (Lipinski definition) is 2. The number of nitrogens with two attached hydrogens (primary N) is 1. The maximum Gasteiger partial charge on any atom is 0.251 e. The number of nitrogen functional groups attached to an aromatic ring is 1. The highest BCUT2D eigenvalue weighted by Crippen LogP contribution is 2.35. The van der Waals surface area contributed by atoms with Crippen molar-refractivity contribution in [1.29, 1.82) is 0 Å². The minimum absolute atomic E-state index is 0.124. The highest BCUT2D eigenvalue weighted by Gasteiger charge is 2.10. The lowest BCUT2D eigenvalue weighted by molar-refractivity contribution is 0.0963. The fourth-order valence-electron chi connectivity index (χ4n) is 1.51. The minimum atomic E-state index is -0.124. The molecule has 0 saturated carbocycles. The fraction of sp³-hybridized carbons (Fsp3) is 0.154. The van der Waals surface area contributed by atoms with E-state index >= 15 is 0 Å². The second-order valence-electron chi connectivity index (χ2n) is 3.77. The van der Waals surface area contributed by atoms with Crippen molar-refractivity contribution in [1.82, 2.24) is 5.32 Å². The van der Waals surface area contributed by atoms with Crippen molar-refractivity contribution in [2.45, 2.75) is 16.7 Å². The monoisotopic (exact) mass is 262 g/mol. The minimum Gasteiger partial charge on any atom is -0.468 e. The van der Waals surface area contributed by atoms with Crippen LogP contribution < -0.4 is 11.1 Å². The van der Waals surface area contributed by atoms with Crippen LogP contribution in [0.15, 0.2) is 44.7 Å². The molecule has 1 amide bonds. The lowest BCUT2D eigenvalue weighted by atomic mass is 10.2. The average Bonchev–Trinajstić information content (AvgIpc) is 2.77. The molecule has 0 fully saturated rings. The van der Waals surface area contributed by atoms with E-state index in [-0.39, 0.29) is 5.91 Å². The zero-order valence-electron chi connectivity index (χ0n) is 10.2. The Morgan fingerprint density at radius 1 is 1.33 bits per heavy atom. The Balaban J connectivity index is 2.32. The lowest BCUT2D eigenvalue weighted by Crippen LogP contribution is -2.17. The molecular weight excluding hydrogens is 248 g/mol. The first-order valence-electron chi connectivity index (χ1n) is 5.45. The summed E-state index contributed by atoms with van der Waals surface area (Å²) < 4.78 is 5.23. The number of hydrogen-bond acceptors (Lipinski definition) is 4. The first-order chi connectivity index (χ1) is 8.61. The van der Waals surface area contributed by atoms with Crippen molar-refractivity contribution >= 4 is 23.4 Å². The van der Waals surface area contributed by atoms with Gasteiger partial charge in [-0.1, -0.05) is 11.8 Å². The highest BCUT2D eigenvalue weighted by atomic mass is 32.2. The van der Waals surface area contributed by atoms with Gasteiger partial charge in [0.05, 0.1) is 11.2 Å². The number of rotatable bonds is 3. The number of anilines is 1. The molecule has 1 aromatic carbocycles. The van der Waals surface area contributed by atoms with Gasteiger partial charge in [0.15, 0.2) is 0 Å². The Labute approximate surface area is 110 Å². The summed E-state index contributed by atoms with van der Waals surface area (Å²) in [5.41, 5.74) is 7.15. The third-order valence-electron chi connectivity index (χ3n) is 2.53. The van der Waals surface area contributed by atoms with E-state index in [1.165, 1.54) is 11.8 Å². The van der Waals surface area contributed by atoms with Crippen LogP contribution in [0, 0.1) is 6.92 Å². The van der Waals surface area contributed by atoms with Crippen LogP contribution in [0.5, 0.6) is 0 Å². The first-order valence-corrected chi connectivity index (χ1v) is 6.27. The molecule has 3 N–H and O–H groups in total. The third-order valence-corrected chi connectivity index (χ3v) is 3.75. The summed E-state index contributed by atoms with van der Waals surface area (Å²) in [5.74, 6) is 0.713. The summed E-state index contributed by atoms with van der Waals surface area (Å²) in [7, 11) is 1.60. The topological polar surface area (TPSA) is 68.3 Å². The maximum atomic E-state index is 11.6. The van der Waals surface area contributed by atoms with E-state index in [0.29, 0.717) is 11.3 Å². The second kappa shape index (κ2) is 5.18. The second-order valence-corrected chi connectivity index (χ2v) is 4.86. The van der Waals surface area contributed by atoms with Gasteiger partial charge in [-0.25, -0.2) is 0 Å². The quantitative estimate of drug-likeness (QED) is 0.834. The SMILES string of the molecule is CNC(=O)c1ccc(N)c(Sc2ccoc2C)c1. The number of carbonyl (C=O) groups excluding carboxylic acids is 1. The number of furan rings is 1. The van der Waals surface area contributed by atoms with E-state index in [4.69, 9.17) is 10.2 Å². The molecule has 0 unspecified atom stereocenters. The normalized spacial score (nSPS) is 10.3. The fourth-order valence-corrected chi connectivity index (χ4v) is 2.43. The summed E-state index contributed by atoms with van der Waals surface area (Å²) in [6.45, 7) is 1.89. The Kier molecular flexibility index (Phi) is 3.62. The van der Waals surface area contributed by atoms with Crippen molar-refractivity contribution in [2.75, 3.05) is 12.8 Å². The van der Waals surface area contributed by atoms with Gasteiger partial charge in [0.2, 0.25) is 0 Å². The predicted molar refractivity (Wildman–Crippen MR) is 71.8 cm³/mol. The zero-order chi connectivity index (χ0) is 13.1. The molecule has 0 saturated heterocycles. The summed E-state index contributed by atoms with van der Waals surface area (Å²) in [5, 5.41) is 2.59. The van der Waals surface area contributed by atoms with Gasteiger partial charge in [-0.2, -0.15) is 0 Å². The zero-order valence-corrected chi connectivity index (χ0v) is 11.0. The number of amides is 1. The lowest BCUT2D eigenvalue weighted by Gasteiger charge is -2.07. The van der Waals surface area contributed by atoms with Gasteiger partial charge < -0.3 is 15.5 Å². The van der Waals surface area contributed by atoms with Crippen molar-refractivity contribution in [3.63, 3.8) is 0 Å². The molecule has 94 valence electrons. The Morgan fingerprint density at radius 2 is 2.11 bits per heavy atom. The van der Waals surface area contributed by atoms with Crippen LogP contribution in [0.25, 0.3) is 0 Å². The molecule has 0 bridgehead atoms. The van der Waals surface area contributed by atoms with E-state index in [2.05, 4.69) is 5.32 Å². The summed E-state index contributed by atoms with van der Waals surface area (Å²) in [6.07, 6.45) is 1.64. The molecule has 5 heteroatoms. The Hall–Kier alpha value is -1.88. The Bertz CT molecular complexity index is 578. The molecule has 0 aliphatic heterocycles. The first kappa shape index (κ1) is 12.6. The van der Waals surface area contributed by atoms with Gasteiger partial charge in [0, 0.05) is 23.2 Å². The van der Waals surface area contributed by atoms with Crippen LogP contribution in [0.4, 0.5) is 5.69 Å². The molecule has 0 radical (unpaired) electrons. The molecule has 2 aromatic rings. The molecule has 18 heavy (non-hydrogen) atoms. The van der Waals surface area contributed by atoms with Crippen LogP contribution in [-0.2, 0) is 0 Å². The molecule has 0 aliphatic rings. The predicted octanol–water partition coefficient (Wildman–Crippen LogP) is 2.68. The number of benzene rings is 1. The smallest absolute Gasteiger partial charge is 0.251 e. The summed E-state index contributed by atoms with van der Waals surface area (Å²) in [4.78, 5) is 13.4. The molecule has 0 spiro atoms. The number of carbonyl (C=O) groups is 1. The third kappa shape index (κ3) is 2.51. The maximum absolute atomic E-state index is 11.6. The molecule has 2 rings (SSSR count). The largest absolute Gasteiger partial charge is 0.468 e. The van der Waals surface area contributed by atoms with Gasteiger partial charge in [-0.05, 0) is 31.2 Å². The summed E-state index contributed by atoms with van der Waals surface area (Å²) >= 11 is 1.49. The van der Waals surface area contributed by atoms with Gasteiger partial charge in [0.25, 0.3) is 5.91 Å². The molecule has 0 aliphatic carbocycles.